The molecule has 9 heteroatoms. The van der Waals surface area contributed by atoms with Gasteiger partial charge in [0.15, 0.2) is 5.56 Å². The summed E-state index contributed by atoms with van der Waals surface area (Å²) in [6.07, 6.45) is 0. The Morgan fingerprint density at radius 2 is 1.56 bits per heavy atom. The van der Waals surface area contributed by atoms with Gasteiger partial charge in [-0.2, -0.15) is 0 Å². The first-order valence-corrected chi connectivity index (χ1v) is 3.74. The summed E-state index contributed by atoms with van der Waals surface area (Å²) in [6, 6.07) is 1.32. The molecule has 0 saturated heterocycles. The highest BCUT2D eigenvalue weighted by molar-refractivity contribution is 5.97. The van der Waals surface area contributed by atoms with Gasteiger partial charge < -0.3 is 10.2 Å². The number of nitrogens with zero attached hydrogens (tertiary/aromatic N) is 2. The van der Waals surface area contributed by atoms with Crippen LogP contribution in [0.5, 0.6) is 5.75 Å². The quantitative estimate of drug-likeness (QED) is 0.577. The molecule has 1 aromatic carbocycles. The van der Waals surface area contributed by atoms with Gasteiger partial charge in [-0.15, -0.1) is 0 Å². The van der Waals surface area contributed by atoms with Crippen LogP contribution in [-0.2, 0) is 0 Å². The van der Waals surface area contributed by atoms with Crippen molar-refractivity contribution in [2.24, 2.45) is 0 Å². The van der Waals surface area contributed by atoms with E-state index in [9.17, 15) is 30.1 Å². The van der Waals surface area contributed by atoms with Crippen LogP contribution in [0.4, 0.5) is 11.4 Å². The molecule has 2 N–H and O–H groups in total. The minimum atomic E-state index is -1.81. The zero-order chi connectivity index (χ0) is 12.5. The topological polar surface area (TPSA) is 144 Å². The molecule has 0 aromatic heterocycles. The van der Waals surface area contributed by atoms with E-state index in [-0.39, 0.29) is 0 Å². The minimum absolute atomic E-state index is 0.654. The van der Waals surface area contributed by atoms with Gasteiger partial charge >= 0.3 is 11.7 Å². The van der Waals surface area contributed by atoms with Crippen LogP contribution in [0.25, 0.3) is 0 Å². The molecule has 84 valence electrons. The fourth-order valence-electron chi connectivity index (χ4n) is 1.08. The van der Waals surface area contributed by atoms with Crippen molar-refractivity contribution in [3.05, 3.63) is 37.9 Å². The Bertz CT molecular complexity index is 496. The maximum Gasteiger partial charge on any atom is 0.346 e. The van der Waals surface area contributed by atoms with E-state index in [1.54, 1.807) is 0 Å². The molecular weight excluding hydrogens is 224 g/mol. The number of carboxylic acids is 1. The summed E-state index contributed by atoms with van der Waals surface area (Å²) in [7, 11) is 0. The number of nitro benzene ring substituents is 2. The molecule has 0 heterocycles. The molecule has 1 aromatic rings. The van der Waals surface area contributed by atoms with Crippen LogP contribution in [-0.4, -0.2) is 26.0 Å². The van der Waals surface area contributed by atoms with Crippen molar-refractivity contribution in [2.75, 3.05) is 0 Å². The Morgan fingerprint density at radius 3 is 1.94 bits per heavy atom. The molecule has 0 bridgehead atoms. The van der Waals surface area contributed by atoms with Crippen molar-refractivity contribution in [3.63, 3.8) is 0 Å². The Kier molecular flexibility index (Phi) is 2.70. The third kappa shape index (κ3) is 1.73. The second-order valence-corrected chi connectivity index (χ2v) is 2.65. The number of nitro groups is 2. The second kappa shape index (κ2) is 3.81. The Hall–Kier alpha value is -2.71. The highest BCUT2D eigenvalue weighted by atomic mass is 16.6. The standard InChI is InChI=1S/C7H4N2O7/c10-6-4(9(15)16)2-1-3(8(13)14)5(6)7(11)12/h1-2,10H,(H,11,12). The lowest BCUT2D eigenvalue weighted by Gasteiger charge is -2.01. The fraction of sp³-hybridized carbons (Fsp3) is 0. The number of hydrogen-bond donors (Lipinski definition) is 2. The number of aromatic hydroxyl groups is 1. The summed E-state index contributed by atoms with van der Waals surface area (Å²) < 4.78 is 0. The van der Waals surface area contributed by atoms with Gasteiger partial charge in [0.25, 0.3) is 5.69 Å². The van der Waals surface area contributed by atoms with Crippen LogP contribution >= 0.6 is 0 Å². The van der Waals surface area contributed by atoms with Crippen molar-refractivity contribution in [1.29, 1.82) is 0 Å². The SMILES string of the molecule is O=C(O)c1c([N+](=O)[O-])ccc([N+](=O)[O-])c1O. The molecule has 0 radical (unpaired) electrons. The van der Waals surface area contributed by atoms with Gasteiger partial charge in [0.1, 0.15) is 0 Å². The van der Waals surface area contributed by atoms with E-state index >= 15 is 0 Å². The number of carboxylic acid groups (broad SMARTS) is 1. The average molecular weight is 228 g/mol. The average Bonchev–Trinajstić information content (AvgIpc) is 2.15. The van der Waals surface area contributed by atoms with Crippen molar-refractivity contribution >= 4 is 17.3 Å². The Labute approximate surface area is 86.9 Å². The molecule has 0 fully saturated rings. The van der Waals surface area contributed by atoms with Crippen LogP contribution in [0.3, 0.4) is 0 Å². The van der Waals surface area contributed by atoms with E-state index in [4.69, 9.17) is 5.11 Å². The van der Waals surface area contributed by atoms with Gasteiger partial charge in [0, 0.05) is 12.1 Å². The highest BCUT2D eigenvalue weighted by Gasteiger charge is 2.30. The zero-order valence-electron chi connectivity index (χ0n) is 7.48. The molecule has 16 heavy (non-hydrogen) atoms. The molecule has 9 nitrogen and oxygen atoms in total. The summed E-state index contributed by atoms with van der Waals surface area (Å²) in [5.41, 5.74) is -2.90. The third-order valence-electron chi connectivity index (χ3n) is 1.74. The minimum Gasteiger partial charge on any atom is -0.501 e. The third-order valence-corrected chi connectivity index (χ3v) is 1.74. The van der Waals surface area contributed by atoms with E-state index in [0.29, 0.717) is 12.1 Å². The van der Waals surface area contributed by atoms with Gasteiger partial charge in [0.2, 0.25) is 5.75 Å². The molecule has 1 rings (SSSR count). The van der Waals surface area contributed by atoms with Crippen LogP contribution in [0.1, 0.15) is 10.4 Å². The van der Waals surface area contributed by atoms with E-state index in [1.165, 1.54) is 0 Å². The number of benzene rings is 1. The number of rotatable bonds is 3. The zero-order valence-corrected chi connectivity index (χ0v) is 7.48. The lowest BCUT2D eigenvalue weighted by Crippen LogP contribution is -2.04. The molecule has 0 unspecified atom stereocenters. The van der Waals surface area contributed by atoms with Gasteiger partial charge in [0.05, 0.1) is 9.85 Å². The number of phenols is 1. The van der Waals surface area contributed by atoms with E-state index < -0.39 is 38.5 Å². The summed E-state index contributed by atoms with van der Waals surface area (Å²) in [5, 5.41) is 38.6. The number of aromatic carboxylic acids is 1. The summed E-state index contributed by atoms with van der Waals surface area (Å²) in [4.78, 5) is 29.3. The molecule has 0 atom stereocenters. The Balaban J connectivity index is 3.60. The number of carbonyl (C=O) groups is 1. The lowest BCUT2D eigenvalue weighted by atomic mass is 10.1. The first kappa shape index (κ1) is 11.4. The summed E-state index contributed by atoms with van der Waals surface area (Å²) >= 11 is 0. The predicted octanol–water partition coefficient (Wildman–Crippen LogP) is 0.907. The summed E-state index contributed by atoms with van der Waals surface area (Å²) in [6.45, 7) is 0. The molecule has 0 aliphatic heterocycles. The molecule has 0 saturated carbocycles. The fourth-order valence-corrected chi connectivity index (χ4v) is 1.08. The monoisotopic (exact) mass is 228 g/mol. The van der Waals surface area contributed by atoms with Crippen molar-refractivity contribution in [2.45, 2.75) is 0 Å². The van der Waals surface area contributed by atoms with Gasteiger partial charge in [-0.1, -0.05) is 0 Å². The van der Waals surface area contributed by atoms with E-state index in [2.05, 4.69) is 0 Å². The van der Waals surface area contributed by atoms with Crippen molar-refractivity contribution < 1.29 is 24.9 Å². The largest absolute Gasteiger partial charge is 0.501 e. The van der Waals surface area contributed by atoms with Crippen LogP contribution in [0.2, 0.25) is 0 Å². The maximum atomic E-state index is 10.6. The predicted molar refractivity (Wildman–Crippen MR) is 48.4 cm³/mol. The van der Waals surface area contributed by atoms with Crippen molar-refractivity contribution in [3.8, 4) is 5.75 Å². The lowest BCUT2D eigenvalue weighted by molar-refractivity contribution is -0.390. The molecular formula is C7H4N2O7. The Morgan fingerprint density at radius 1 is 1.12 bits per heavy atom. The van der Waals surface area contributed by atoms with Gasteiger partial charge in [-0.3, -0.25) is 20.2 Å². The highest BCUT2D eigenvalue weighted by Crippen LogP contribution is 2.35. The molecule has 0 spiro atoms. The van der Waals surface area contributed by atoms with Crippen LogP contribution in [0.15, 0.2) is 12.1 Å². The smallest absolute Gasteiger partial charge is 0.346 e. The van der Waals surface area contributed by atoms with E-state index in [1.807, 2.05) is 0 Å². The van der Waals surface area contributed by atoms with Crippen molar-refractivity contribution in [1.82, 2.24) is 0 Å². The van der Waals surface area contributed by atoms with E-state index in [0.717, 1.165) is 0 Å². The van der Waals surface area contributed by atoms with Crippen LogP contribution < -0.4 is 0 Å². The molecule has 0 amide bonds. The maximum absolute atomic E-state index is 10.6. The normalized spacial score (nSPS) is 9.75. The first-order chi connectivity index (χ1) is 7.36. The van der Waals surface area contributed by atoms with Crippen LogP contribution in [0, 0.1) is 20.2 Å². The molecule has 0 aliphatic rings. The second-order valence-electron chi connectivity index (χ2n) is 2.65. The van der Waals surface area contributed by atoms with Gasteiger partial charge in [-0.05, 0) is 0 Å². The first-order valence-electron chi connectivity index (χ1n) is 3.74. The molecule has 0 aliphatic carbocycles. The summed E-state index contributed by atoms with van der Waals surface area (Å²) in [5.74, 6) is -3.04. The van der Waals surface area contributed by atoms with Gasteiger partial charge in [-0.25, -0.2) is 4.79 Å². The number of hydrogen-bond acceptors (Lipinski definition) is 6.